The highest BCUT2D eigenvalue weighted by Gasteiger charge is 2.23. The Hall–Kier alpha value is -2.88. The van der Waals surface area contributed by atoms with E-state index in [1.165, 1.54) is 42.6 Å². The van der Waals surface area contributed by atoms with Gasteiger partial charge in [-0.25, -0.2) is 22.3 Å². The number of halogens is 3. The van der Waals surface area contributed by atoms with Crippen LogP contribution in [0, 0.1) is 5.82 Å². The number of benzene rings is 2. The van der Waals surface area contributed by atoms with Crippen LogP contribution in [0.4, 0.5) is 14.9 Å². The fourth-order valence-corrected chi connectivity index (χ4v) is 3.47. The minimum atomic E-state index is -4.34. The first kappa shape index (κ1) is 20.8. The second kappa shape index (κ2) is 8.64. The first-order chi connectivity index (χ1) is 13.7. The van der Waals surface area contributed by atoms with Crippen molar-refractivity contribution in [3.63, 3.8) is 0 Å². The minimum Gasteiger partial charge on any atom is -0.456 e. The maximum atomic E-state index is 13.0. The predicted octanol–water partition coefficient (Wildman–Crippen LogP) is 4.83. The smallest absolute Gasteiger partial charge is 0.333 e. The number of carbonyl (C=O) groups is 1. The van der Waals surface area contributed by atoms with Crippen LogP contribution in [-0.4, -0.2) is 19.4 Å². The summed E-state index contributed by atoms with van der Waals surface area (Å²) in [7, 11) is -4.34. The molecule has 11 heteroatoms. The number of hydrogen-bond acceptors (Lipinski definition) is 5. The fraction of sp³-hybridized carbons (Fsp3) is 0. The summed E-state index contributed by atoms with van der Waals surface area (Å²) >= 11 is 11.7. The molecule has 3 aromatic rings. The molecule has 0 aliphatic heterocycles. The summed E-state index contributed by atoms with van der Waals surface area (Å²) in [6.07, 6.45) is 2.33. The Kier molecular flexibility index (Phi) is 6.21. The number of carbonyl (C=O) groups excluding carboxylic acids is 1. The van der Waals surface area contributed by atoms with Crippen LogP contribution in [0.15, 0.2) is 65.8 Å². The highest BCUT2D eigenvalue weighted by molar-refractivity contribution is 7.90. The van der Waals surface area contributed by atoms with Crippen molar-refractivity contribution in [2.24, 2.45) is 0 Å². The van der Waals surface area contributed by atoms with Gasteiger partial charge in [0.15, 0.2) is 5.75 Å². The highest BCUT2D eigenvalue weighted by Crippen LogP contribution is 2.28. The molecule has 7 nitrogen and oxygen atoms in total. The summed E-state index contributed by atoms with van der Waals surface area (Å²) in [5.41, 5.74) is 0.237. The van der Waals surface area contributed by atoms with E-state index >= 15 is 0 Å². The Labute approximate surface area is 175 Å². The van der Waals surface area contributed by atoms with Gasteiger partial charge >= 0.3 is 6.03 Å². The lowest BCUT2D eigenvalue weighted by Crippen LogP contribution is -2.34. The van der Waals surface area contributed by atoms with Crippen LogP contribution in [0.2, 0.25) is 10.0 Å². The molecule has 29 heavy (non-hydrogen) atoms. The van der Waals surface area contributed by atoms with Crippen molar-refractivity contribution in [2.75, 3.05) is 5.32 Å². The van der Waals surface area contributed by atoms with E-state index in [-0.39, 0.29) is 32.1 Å². The van der Waals surface area contributed by atoms with Crippen molar-refractivity contribution in [3.8, 4) is 11.5 Å². The molecule has 0 bridgehead atoms. The first-order valence-corrected chi connectivity index (χ1v) is 10.1. The van der Waals surface area contributed by atoms with E-state index in [2.05, 4.69) is 10.3 Å². The molecule has 0 saturated heterocycles. The monoisotopic (exact) mass is 455 g/mol. The molecule has 2 amide bonds. The third-order valence-corrected chi connectivity index (χ3v) is 5.56. The van der Waals surface area contributed by atoms with Crippen LogP contribution in [0.25, 0.3) is 0 Å². The summed E-state index contributed by atoms with van der Waals surface area (Å²) in [5.74, 6) is -0.365. The van der Waals surface area contributed by atoms with E-state index in [0.717, 1.165) is 18.3 Å². The van der Waals surface area contributed by atoms with E-state index in [4.69, 9.17) is 27.9 Å². The average Bonchev–Trinajstić information content (AvgIpc) is 2.66. The van der Waals surface area contributed by atoms with E-state index < -0.39 is 21.9 Å². The van der Waals surface area contributed by atoms with E-state index in [9.17, 15) is 17.6 Å². The van der Waals surface area contributed by atoms with Gasteiger partial charge in [0.25, 0.3) is 10.0 Å². The second-order valence-electron chi connectivity index (χ2n) is 5.57. The zero-order chi connectivity index (χ0) is 21.0. The number of hydrogen-bond donors (Lipinski definition) is 2. The maximum absolute atomic E-state index is 13.0. The molecule has 0 spiro atoms. The van der Waals surface area contributed by atoms with E-state index in [0.29, 0.717) is 0 Å². The number of aromatic nitrogens is 1. The van der Waals surface area contributed by atoms with Gasteiger partial charge in [-0.1, -0.05) is 23.2 Å². The summed E-state index contributed by atoms with van der Waals surface area (Å²) in [6, 6.07) is 9.52. The fourth-order valence-electron chi connectivity index (χ4n) is 2.19. The summed E-state index contributed by atoms with van der Waals surface area (Å²) in [5, 5.41) is 2.81. The van der Waals surface area contributed by atoms with Gasteiger partial charge in [-0.3, -0.25) is 4.98 Å². The van der Waals surface area contributed by atoms with Crippen molar-refractivity contribution < 1.29 is 22.3 Å². The van der Waals surface area contributed by atoms with Gasteiger partial charge in [0.05, 0.1) is 16.2 Å². The quantitative estimate of drug-likeness (QED) is 0.573. The number of ether oxygens (including phenoxy) is 1. The van der Waals surface area contributed by atoms with Gasteiger partial charge in [0.1, 0.15) is 16.5 Å². The zero-order valence-electron chi connectivity index (χ0n) is 14.4. The number of sulfonamides is 1. The lowest BCUT2D eigenvalue weighted by atomic mass is 10.3. The standard InChI is InChI=1S/C18H12Cl2FN3O4S/c19-14-6-3-12(9-15(14)20)23-18(25)24-29(26,27)17-10-22-8-7-16(17)28-13-4-1-11(21)2-5-13/h1-10H,(H2,23,24,25). The molecule has 0 fully saturated rings. The molecule has 0 saturated carbocycles. The highest BCUT2D eigenvalue weighted by atomic mass is 35.5. The molecule has 3 rings (SSSR count). The second-order valence-corrected chi connectivity index (χ2v) is 8.03. The average molecular weight is 456 g/mol. The molecular formula is C18H12Cl2FN3O4S. The molecule has 0 radical (unpaired) electrons. The van der Waals surface area contributed by atoms with Crippen molar-refractivity contribution in [2.45, 2.75) is 4.90 Å². The Balaban J connectivity index is 1.79. The minimum absolute atomic E-state index is 0.0959. The SMILES string of the molecule is O=C(Nc1ccc(Cl)c(Cl)c1)NS(=O)(=O)c1cnccc1Oc1ccc(F)cc1. The van der Waals surface area contributed by atoms with Gasteiger partial charge in [-0.05, 0) is 42.5 Å². The lowest BCUT2D eigenvalue weighted by molar-refractivity contribution is 0.256. The van der Waals surface area contributed by atoms with Gasteiger partial charge in [-0.15, -0.1) is 0 Å². The van der Waals surface area contributed by atoms with E-state index in [1.807, 2.05) is 4.72 Å². The van der Waals surface area contributed by atoms with Crippen molar-refractivity contribution in [3.05, 3.63) is 76.8 Å². The molecule has 1 aromatic heterocycles. The molecule has 0 aliphatic rings. The van der Waals surface area contributed by atoms with Crippen LogP contribution in [-0.2, 0) is 10.0 Å². The third-order valence-electron chi connectivity index (χ3n) is 3.48. The van der Waals surface area contributed by atoms with Crippen LogP contribution >= 0.6 is 23.2 Å². The number of urea groups is 1. The molecule has 150 valence electrons. The Morgan fingerprint density at radius 1 is 1.03 bits per heavy atom. The van der Waals surface area contributed by atoms with Gasteiger partial charge in [0.2, 0.25) is 0 Å². The normalized spacial score (nSPS) is 11.0. The first-order valence-electron chi connectivity index (χ1n) is 7.91. The number of nitrogens with one attached hydrogen (secondary N) is 2. The summed E-state index contributed by atoms with van der Waals surface area (Å²) in [6.45, 7) is 0. The number of anilines is 1. The molecule has 2 aromatic carbocycles. The van der Waals surface area contributed by atoms with Gasteiger partial charge in [0, 0.05) is 18.0 Å². The zero-order valence-corrected chi connectivity index (χ0v) is 16.7. The molecule has 0 aliphatic carbocycles. The van der Waals surface area contributed by atoms with Crippen LogP contribution in [0.3, 0.4) is 0 Å². The largest absolute Gasteiger partial charge is 0.456 e. The molecule has 0 unspecified atom stereocenters. The van der Waals surface area contributed by atoms with Gasteiger partial charge < -0.3 is 10.1 Å². The number of pyridine rings is 1. The van der Waals surface area contributed by atoms with Gasteiger partial charge in [-0.2, -0.15) is 0 Å². The van der Waals surface area contributed by atoms with Crippen LogP contribution in [0.1, 0.15) is 0 Å². The van der Waals surface area contributed by atoms with E-state index in [1.54, 1.807) is 0 Å². The Bertz CT molecular complexity index is 1160. The van der Waals surface area contributed by atoms with Crippen LogP contribution < -0.4 is 14.8 Å². The van der Waals surface area contributed by atoms with Crippen molar-refractivity contribution in [1.29, 1.82) is 0 Å². The predicted molar refractivity (Wildman–Crippen MR) is 107 cm³/mol. The van der Waals surface area contributed by atoms with Crippen LogP contribution in [0.5, 0.6) is 11.5 Å². The molecule has 0 atom stereocenters. The summed E-state index contributed by atoms with van der Waals surface area (Å²) in [4.78, 5) is 15.5. The Morgan fingerprint density at radius 2 is 1.76 bits per heavy atom. The third kappa shape index (κ3) is 5.35. The molecule has 2 N–H and O–H groups in total. The Morgan fingerprint density at radius 3 is 2.45 bits per heavy atom. The maximum Gasteiger partial charge on any atom is 0.333 e. The van der Waals surface area contributed by atoms with Crippen molar-refractivity contribution >= 4 is 44.9 Å². The lowest BCUT2D eigenvalue weighted by Gasteiger charge is -2.13. The number of nitrogens with zero attached hydrogens (tertiary/aromatic N) is 1. The topological polar surface area (TPSA) is 97.4 Å². The number of amides is 2. The van der Waals surface area contributed by atoms with Crippen molar-refractivity contribution in [1.82, 2.24) is 9.71 Å². The number of rotatable bonds is 5. The molecular weight excluding hydrogens is 444 g/mol. The molecule has 1 heterocycles. The summed E-state index contributed by atoms with van der Waals surface area (Å²) < 4.78 is 45.6.